The zero-order chi connectivity index (χ0) is 28.1. The highest BCUT2D eigenvalue weighted by atomic mass is 16.6. The first-order valence-electron chi connectivity index (χ1n) is 13.3. The lowest BCUT2D eigenvalue weighted by molar-refractivity contribution is 0.0795. The van der Waals surface area contributed by atoms with Gasteiger partial charge in [0, 0.05) is 38.0 Å². The molecule has 0 unspecified atom stereocenters. The lowest BCUT2D eigenvalue weighted by Crippen LogP contribution is -2.40. The number of nitrogens with zero attached hydrogens (tertiary/aromatic N) is 5. The number of rotatable bonds is 7. The number of urea groups is 1. The molecule has 0 aliphatic carbocycles. The molecule has 0 aromatic carbocycles. The molecule has 5 heterocycles. The lowest BCUT2D eigenvalue weighted by Gasteiger charge is -2.29. The van der Waals surface area contributed by atoms with Crippen LogP contribution >= 0.6 is 0 Å². The van der Waals surface area contributed by atoms with Gasteiger partial charge in [-0.05, 0) is 37.3 Å². The van der Waals surface area contributed by atoms with Crippen LogP contribution in [0.3, 0.4) is 0 Å². The Morgan fingerprint density at radius 2 is 2.15 bits per heavy atom. The number of amides is 3. The van der Waals surface area contributed by atoms with Gasteiger partial charge in [-0.2, -0.15) is 5.26 Å². The van der Waals surface area contributed by atoms with E-state index in [4.69, 9.17) is 14.2 Å². The Morgan fingerprint density at radius 3 is 2.95 bits per heavy atom. The van der Waals surface area contributed by atoms with Crippen LogP contribution in [0.4, 0.5) is 26.9 Å². The quantitative estimate of drug-likeness (QED) is 0.492. The summed E-state index contributed by atoms with van der Waals surface area (Å²) in [6.07, 6.45) is 4.44. The largest absolute Gasteiger partial charge is 0.449 e. The molecule has 0 spiro atoms. The average Bonchev–Trinajstić information content (AvgIpc) is 3.32. The molecule has 0 radical (unpaired) electrons. The number of methoxy groups -OCH3 is 1. The third-order valence-electron chi connectivity index (χ3n) is 7.23. The summed E-state index contributed by atoms with van der Waals surface area (Å²) in [5.74, 6) is 0.643. The molecule has 0 bridgehead atoms. The molecule has 2 aromatic heterocycles. The topological polar surface area (TPSA) is 159 Å². The summed E-state index contributed by atoms with van der Waals surface area (Å²) in [6, 6.07) is 4.93. The van der Waals surface area contributed by atoms with Crippen LogP contribution in [0, 0.1) is 11.3 Å². The fourth-order valence-corrected chi connectivity index (χ4v) is 5.09. The molecule has 3 aliphatic heterocycles. The monoisotopic (exact) mass is 549 g/mol. The first-order valence-corrected chi connectivity index (χ1v) is 13.3. The summed E-state index contributed by atoms with van der Waals surface area (Å²) >= 11 is 0. The highest BCUT2D eigenvalue weighted by Gasteiger charge is 2.30. The second-order valence-electron chi connectivity index (χ2n) is 9.85. The minimum atomic E-state index is -0.462. The van der Waals surface area contributed by atoms with Crippen molar-refractivity contribution in [2.75, 3.05) is 55.6 Å². The first-order chi connectivity index (χ1) is 19.5. The van der Waals surface area contributed by atoms with E-state index in [9.17, 15) is 19.6 Å². The molecular formula is C27H31N7O6. The number of hydrogen-bond acceptors (Lipinski definition) is 10. The Hall–Kier alpha value is -4.28. The Bertz CT molecular complexity index is 1330. The number of carbonyl (C=O) groups excluding carboxylic acids is 3. The lowest BCUT2D eigenvalue weighted by atomic mass is 10.0. The van der Waals surface area contributed by atoms with E-state index in [1.54, 1.807) is 18.1 Å². The second kappa shape index (κ2) is 12.3. The van der Waals surface area contributed by atoms with E-state index in [1.165, 1.54) is 11.1 Å². The van der Waals surface area contributed by atoms with Crippen LogP contribution in [0.15, 0.2) is 18.3 Å². The molecule has 0 saturated carbocycles. The summed E-state index contributed by atoms with van der Waals surface area (Å²) in [4.78, 5) is 49.5. The van der Waals surface area contributed by atoms with Crippen LogP contribution in [0.1, 0.15) is 46.4 Å². The van der Waals surface area contributed by atoms with Crippen LogP contribution in [-0.4, -0.2) is 85.4 Å². The number of hydrogen-bond donors (Lipinski definition) is 2. The number of pyridine rings is 2. The highest BCUT2D eigenvalue weighted by Crippen LogP contribution is 2.29. The van der Waals surface area contributed by atoms with Crippen LogP contribution < -0.4 is 15.5 Å². The Kier molecular flexibility index (Phi) is 8.37. The number of ether oxygens (including phenoxy) is 3. The minimum absolute atomic E-state index is 0.159. The Balaban J connectivity index is 1.35. The van der Waals surface area contributed by atoms with Crippen molar-refractivity contribution in [3.8, 4) is 6.07 Å². The zero-order valence-corrected chi connectivity index (χ0v) is 22.2. The van der Waals surface area contributed by atoms with Crippen molar-refractivity contribution >= 4 is 35.7 Å². The minimum Gasteiger partial charge on any atom is -0.449 e. The van der Waals surface area contributed by atoms with Crippen molar-refractivity contribution in [1.82, 2.24) is 14.9 Å². The van der Waals surface area contributed by atoms with E-state index in [0.29, 0.717) is 74.7 Å². The van der Waals surface area contributed by atoms with Crippen LogP contribution in [0.2, 0.25) is 0 Å². The van der Waals surface area contributed by atoms with Gasteiger partial charge in [0.25, 0.3) is 0 Å². The molecular weight excluding hydrogens is 518 g/mol. The average molecular weight is 550 g/mol. The number of nitrogens with one attached hydrogen (secondary N) is 2. The van der Waals surface area contributed by atoms with Crippen molar-refractivity contribution in [3.63, 3.8) is 0 Å². The van der Waals surface area contributed by atoms with Crippen LogP contribution in [0.5, 0.6) is 0 Å². The maximum Gasteiger partial charge on any atom is 0.410 e. The molecule has 13 heteroatoms. The van der Waals surface area contributed by atoms with E-state index in [2.05, 4.69) is 26.7 Å². The number of anilines is 3. The molecule has 2 aromatic rings. The number of nitriles is 1. The number of cyclic esters (lactones) is 1. The molecule has 2 atom stereocenters. The predicted octanol–water partition coefficient (Wildman–Crippen LogP) is 2.70. The Labute approximate surface area is 231 Å². The van der Waals surface area contributed by atoms with Gasteiger partial charge in [-0.15, -0.1) is 0 Å². The van der Waals surface area contributed by atoms with Gasteiger partial charge in [-0.3, -0.25) is 15.0 Å². The van der Waals surface area contributed by atoms with Crippen molar-refractivity contribution in [3.05, 3.63) is 40.7 Å². The predicted molar refractivity (Wildman–Crippen MR) is 143 cm³/mol. The standard InChI is InChI=1S/C27H31N7O6/c1-38-23-16-39-15-22(23)30-20-10-24(29-12-19(20)11-28)32-26(36)34-7-4-5-17-9-18(21(14-35)31-25(17)34)13-33-6-2-3-8-40-27(33)37/h9-10,12,14,22-23H,2-8,13,15-16H2,1H3,(H2,29,30,32,36)/t22-,23-/m1/s1. The molecule has 2 saturated heterocycles. The summed E-state index contributed by atoms with van der Waals surface area (Å²) in [7, 11) is 1.60. The van der Waals surface area contributed by atoms with Gasteiger partial charge in [0.15, 0.2) is 6.29 Å². The van der Waals surface area contributed by atoms with Crippen molar-refractivity contribution in [2.45, 2.75) is 44.4 Å². The molecule has 5 rings (SSSR count). The van der Waals surface area contributed by atoms with Crippen molar-refractivity contribution in [1.29, 1.82) is 5.26 Å². The van der Waals surface area contributed by atoms with Crippen LogP contribution in [-0.2, 0) is 27.2 Å². The molecule has 2 fully saturated rings. The normalized spacial score (nSPS) is 20.6. The van der Waals surface area contributed by atoms with E-state index in [-0.39, 0.29) is 30.2 Å². The van der Waals surface area contributed by atoms with Gasteiger partial charge >= 0.3 is 12.1 Å². The molecule has 3 aliphatic rings. The van der Waals surface area contributed by atoms with E-state index in [0.717, 1.165) is 18.4 Å². The molecule has 2 N–H and O–H groups in total. The Morgan fingerprint density at radius 1 is 1.27 bits per heavy atom. The van der Waals surface area contributed by atoms with Gasteiger partial charge in [-0.1, -0.05) is 0 Å². The smallest absolute Gasteiger partial charge is 0.410 e. The zero-order valence-electron chi connectivity index (χ0n) is 22.2. The third kappa shape index (κ3) is 5.83. The molecule has 3 amide bonds. The number of carbonyl (C=O) groups is 3. The fraction of sp³-hybridized carbons (Fsp3) is 0.481. The first kappa shape index (κ1) is 27.3. The third-order valence-corrected chi connectivity index (χ3v) is 7.23. The van der Waals surface area contributed by atoms with Crippen molar-refractivity contribution in [2.24, 2.45) is 0 Å². The summed E-state index contributed by atoms with van der Waals surface area (Å²) in [5, 5.41) is 15.6. The van der Waals surface area contributed by atoms with Crippen LogP contribution in [0.25, 0.3) is 0 Å². The fourth-order valence-electron chi connectivity index (χ4n) is 5.09. The van der Waals surface area contributed by atoms with E-state index < -0.39 is 12.1 Å². The number of aromatic nitrogens is 2. The molecule has 40 heavy (non-hydrogen) atoms. The maximum absolute atomic E-state index is 13.4. The number of fused-ring (bicyclic) bond motifs is 1. The SMILES string of the molecule is CO[C@@H]1COC[C@H]1Nc1cc(NC(=O)N2CCCc3cc(CN4CCCCOC4=O)c(C=O)nc32)ncc1C#N. The summed E-state index contributed by atoms with van der Waals surface area (Å²) in [5.41, 5.74) is 2.42. The van der Waals surface area contributed by atoms with Gasteiger partial charge < -0.3 is 24.4 Å². The molecule has 210 valence electrons. The second-order valence-corrected chi connectivity index (χ2v) is 9.85. The van der Waals surface area contributed by atoms with Gasteiger partial charge in [0.05, 0.1) is 43.7 Å². The van der Waals surface area contributed by atoms with Crippen molar-refractivity contribution < 1.29 is 28.6 Å². The number of aldehydes is 1. The van der Waals surface area contributed by atoms with Gasteiger partial charge in [0.2, 0.25) is 0 Å². The van der Waals surface area contributed by atoms with Gasteiger partial charge in [-0.25, -0.2) is 19.6 Å². The number of aryl methyl sites for hydroxylation is 1. The summed E-state index contributed by atoms with van der Waals surface area (Å²) < 4.78 is 16.1. The highest BCUT2D eigenvalue weighted by molar-refractivity contribution is 6.01. The van der Waals surface area contributed by atoms with E-state index >= 15 is 0 Å². The summed E-state index contributed by atoms with van der Waals surface area (Å²) in [6.45, 7) is 2.40. The molecule has 13 nitrogen and oxygen atoms in total. The van der Waals surface area contributed by atoms with E-state index in [1.807, 2.05) is 6.07 Å². The maximum atomic E-state index is 13.4. The van der Waals surface area contributed by atoms with Gasteiger partial charge in [0.1, 0.15) is 29.5 Å².